The van der Waals surface area contributed by atoms with Crippen LogP contribution in [-0.2, 0) is 22.9 Å². The van der Waals surface area contributed by atoms with Gasteiger partial charge in [0.25, 0.3) is 0 Å². The Morgan fingerprint density at radius 1 is 0.818 bits per heavy atom. The highest BCUT2D eigenvalue weighted by Crippen LogP contribution is 2.32. The minimum absolute atomic E-state index is 0.137. The Morgan fingerprint density at radius 2 is 1.48 bits per heavy atom. The summed E-state index contributed by atoms with van der Waals surface area (Å²) in [5.41, 5.74) is 5.11. The lowest BCUT2D eigenvalue weighted by Crippen LogP contribution is -2.49. The van der Waals surface area contributed by atoms with Crippen LogP contribution in [0.25, 0.3) is 11.1 Å². The third-order valence-corrected chi connectivity index (χ3v) is 8.92. The Kier molecular flexibility index (Phi) is 6.17. The zero-order valence-electron chi connectivity index (χ0n) is 18.5. The first-order chi connectivity index (χ1) is 16.0. The number of hydrogen-bond acceptors (Lipinski definition) is 4. The van der Waals surface area contributed by atoms with E-state index >= 15 is 0 Å². The number of pyridine rings is 1. The van der Waals surface area contributed by atoms with Crippen molar-refractivity contribution in [3.63, 3.8) is 0 Å². The van der Waals surface area contributed by atoms with Crippen molar-refractivity contribution in [3.8, 4) is 11.1 Å². The molecule has 1 saturated heterocycles. The molecule has 0 spiro atoms. The maximum absolute atomic E-state index is 14.2. The van der Waals surface area contributed by atoms with E-state index in [4.69, 9.17) is 0 Å². The summed E-state index contributed by atoms with van der Waals surface area (Å²) in [6.07, 6.45) is 6.63. The van der Waals surface area contributed by atoms with Gasteiger partial charge in [0, 0.05) is 44.3 Å². The van der Waals surface area contributed by atoms with E-state index in [0.717, 1.165) is 48.1 Å². The molecule has 0 amide bonds. The first-order valence-electron chi connectivity index (χ1n) is 11.5. The smallest absolute Gasteiger partial charge is 0.217 e. The third-order valence-electron chi connectivity index (χ3n) is 6.52. The highest BCUT2D eigenvalue weighted by Gasteiger charge is 2.40. The van der Waals surface area contributed by atoms with Gasteiger partial charge in [0.1, 0.15) is 5.82 Å². The number of sulfonamides is 1. The highest BCUT2D eigenvalue weighted by molar-refractivity contribution is 7.90. The number of aromatic nitrogens is 1. The molecule has 172 valence electrons. The monoisotopic (exact) mass is 465 g/mol. The summed E-state index contributed by atoms with van der Waals surface area (Å²) >= 11 is 0. The molecule has 0 atom stereocenters. The molecule has 1 saturated carbocycles. The first-order valence-corrected chi connectivity index (χ1v) is 13.0. The number of hydrogen-bond donors (Lipinski definition) is 0. The molecule has 33 heavy (non-hydrogen) atoms. The molecule has 3 aromatic rings. The molecule has 5 rings (SSSR count). The van der Waals surface area contributed by atoms with Gasteiger partial charge in [-0.1, -0.05) is 18.2 Å². The van der Waals surface area contributed by atoms with Crippen molar-refractivity contribution in [2.75, 3.05) is 31.1 Å². The van der Waals surface area contributed by atoms with Gasteiger partial charge < -0.3 is 4.90 Å². The Morgan fingerprint density at radius 3 is 2.15 bits per heavy atom. The molecule has 5 nitrogen and oxygen atoms in total. The van der Waals surface area contributed by atoms with Crippen LogP contribution in [0.15, 0.2) is 67.0 Å². The molecule has 0 radical (unpaired) electrons. The molecule has 1 aliphatic heterocycles. The van der Waals surface area contributed by atoms with E-state index in [1.807, 2.05) is 18.2 Å². The maximum atomic E-state index is 14.2. The zero-order valence-corrected chi connectivity index (χ0v) is 19.3. The number of aryl methyl sites for hydroxylation is 2. The molecule has 0 bridgehead atoms. The number of anilines is 1. The third kappa shape index (κ3) is 5.09. The molecular formula is C26H28FN3O2S. The van der Waals surface area contributed by atoms with Gasteiger partial charge in [-0.05, 0) is 84.3 Å². The molecular weight excluding hydrogens is 437 g/mol. The summed E-state index contributed by atoms with van der Waals surface area (Å²) in [5.74, 6) is -0.225. The Balaban J connectivity index is 1.19. The summed E-state index contributed by atoms with van der Waals surface area (Å²) in [6, 6.07) is 17.4. The average molecular weight is 466 g/mol. The summed E-state index contributed by atoms with van der Waals surface area (Å²) in [4.78, 5) is 6.28. The minimum atomic E-state index is -3.08. The Bertz CT molecular complexity index is 1200. The van der Waals surface area contributed by atoms with Crippen LogP contribution >= 0.6 is 0 Å². The van der Waals surface area contributed by atoms with Gasteiger partial charge in [0.05, 0.1) is 5.25 Å². The van der Waals surface area contributed by atoms with Crippen LogP contribution in [0.1, 0.15) is 24.0 Å². The normalized spacial score (nSPS) is 17.3. The van der Waals surface area contributed by atoms with E-state index in [9.17, 15) is 12.8 Å². The highest BCUT2D eigenvalue weighted by atomic mass is 32.2. The minimum Gasteiger partial charge on any atom is -0.369 e. The fraction of sp³-hybridized carbons (Fsp3) is 0.346. The van der Waals surface area contributed by atoms with Gasteiger partial charge >= 0.3 is 0 Å². The average Bonchev–Trinajstić information content (AvgIpc) is 3.70. The molecule has 2 aromatic carbocycles. The van der Waals surface area contributed by atoms with E-state index < -0.39 is 10.0 Å². The van der Waals surface area contributed by atoms with E-state index in [-0.39, 0.29) is 11.1 Å². The van der Waals surface area contributed by atoms with Crippen LogP contribution in [-0.4, -0.2) is 49.1 Å². The fourth-order valence-corrected chi connectivity index (χ4v) is 6.27. The largest absolute Gasteiger partial charge is 0.369 e. The summed E-state index contributed by atoms with van der Waals surface area (Å²) < 4.78 is 40.7. The quantitative estimate of drug-likeness (QED) is 0.523. The fourth-order valence-electron chi connectivity index (χ4n) is 4.45. The van der Waals surface area contributed by atoms with Crippen LogP contribution in [0, 0.1) is 5.82 Å². The molecule has 0 unspecified atom stereocenters. The van der Waals surface area contributed by atoms with Gasteiger partial charge in [-0.15, -0.1) is 0 Å². The summed E-state index contributed by atoms with van der Waals surface area (Å²) in [6.45, 7) is 2.54. The molecule has 2 aliphatic rings. The van der Waals surface area contributed by atoms with Gasteiger partial charge in [-0.3, -0.25) is 4.98 Å². The van der Waals surface area contributed by atoms with Crippen molar-refractivity contribution in [1.29, 1.82) is 0 Å². The summed E-state index contributed by atoms with van der Waals surface area (Å²) in [5, 5.41) is -0.137. The van der Waals surface area contributed by atoms with Crippen LogP contribution in [0.2, 0.25) is 0 Å². The van der Waals surface area contributed by atoms with E-state index in [2.05, 4.69) is 34.1 Å². The second kappa shape index (κ2) is 9.23. The predicted octanol–water partition coefficient (Wildman–Crippen LogP) is 4.29. The Hall–Kier alpha value is -2.77. The lowest BCUT2D eigenvalue weighted by Gasteiger charge is -2.35. The van der Waals surface area contributed by atoms with Gasteiger partial charge in [0.2, 0.25) is 10.0 Å². The number of benzene rings is 2. The van der Waals surface area contributed by atoms with E-state index in [1.54, 1.807) is 28.8 Å². The van der Waals surface area contributed by atoms with Crippen molar-refractivity contribution in [2.45, 2.75) is 30.9 Å². The van der Waals surface area contributed by atoms with Gasteiger partial charge in [0.15, 0.2) is 0 Å². The molecule has 2 fully saturated rings. The van der Waals surface area contributed by atoms with Crippen LogP contribution in [0.4, 0.5) is 10.1 Å². The first kappa shape index (κ1) is 22.0. The van der Waals surface area contributed by atoms with Gasteiger partial charge in [-0.25, -0.2) is 12.8 Å². The molecule has 1 aromatic heterocycles. The lowest BCUT2D eigenvalue weighted by molar-refractivity contribution is 0.384. The van der Waals surface area contributed by atoms with E-state index in [1.165, 1.54) is 5.56 Å². The molecule has 7 heteroatoms. The maximum Gasteiger partial charge on any atom is 0.217 e. The van der Waals surface area contributed by atoms with Crippen molar-refractivity contribution in [2.24, 2.45) is 0 Å². The number of halogens is 1. The standard InChI is InChI=1S/C26H28FN3O2S/c27-24-18-21(17-23(19-24)22-9-11-28-12-10-22)2-1-20-3-5-25(6-4-20)29-13-15-30(16-14-29)33(31,32)26-7-8-26/h3-6,9-12,17-19,26H,1-2,7-8,13-16H2. The molecule has 1 aliphatic carbocycles. The van der Waals surface area contributed by atoms with Crippen LogP contribution in [0.3, 0.4) is 0 Å². The summed E-state index contributed by atoms with van der Waals surface area (Å²) in [7, 11) is -3.08. The lowest BCUT2D eigenvalue weighted by atomic mass is 9.99. The van der Waals surface area contributed by atoms with Crippen molar-refractivity contribution in [3.05, 3.63) is 83.9 Å². The van der Waals surface area contributed by atoms with Crippen LogP contribution < -0.4 is 4.90 Å². The predicted molar refractivity (Wildman–Crippen MR) is 129 cm³/mol. The van der Waals surface area contributed by atoms with E-state index in [0.29, 0.717) is 26.2 Å². The number of piperazine rings is 1. The van der Waals surface area contributed by atoms with Crippen LogP contribution in [0.5, 0.6) is 0 Å². The van der Waals surface area contributed by atoms with Crippen molar-refractivity contribution >= 4 is 15.7 Å². The number of rotatable bonds is 7. The van der Waals surface area contributed by atoms with Gasteiger partial charge in [-0.2, -0.15) is 4.31 Å². The topological polar surface area (TPSA) is 53.5 Å². The zero-order chi connectivity index (χ0) is 22.8. The molecule has 0 N–H and O–H groups in total. The Labute approximate surface area is 194 Å². The number of nitrogens with zero attached hydrogens (tertiary/aromatic N) is 3. The second-order valence-electron chi connectivity index (χ2n) is 8.88. The molecule has 2 heterocycles. The van der Waals surface area contributed by atoms with Crippen molar-refractivity contribution in [1.82, 2.24) is 9.29 Å². The second-order valence-corrected chi connectivity index (χ2v) is 11.1. The SMILES string of the molecule is O=S(=O)(C1CC1)N1CCN(c2ccc(CCc3cc(F)cc(-c4ccncc4)c3)cc2)CC1. The van der Waals surface area contributed by atoms with Crippen molar-refractivity contribution < 1.29 is 12.8 Å².